The molecule has 0 aliphatic rings. The van der Waals surface area contributed by atoms with Gasteiger partial charge in [-0.25, -0.2) is 0 Å². The van der Waals surface area contributed by atoms with E-state index in [4.69, 9.17) is 4.52 Å². The van der Waals surface area contributed by atoms with E-state index in [2.05, 4.69) is 5.16 Å². The van der Waals surface area contributed by atoms with Crippen LogP contribution >= 0.6 is 11.8 Å². The van der Waals surface area contributed by atoms with Gasteiger partial charge >= 0.3 is 5.69 Å². The first-order valence-electron chi connectivity index (χ1n) is 8.17. The molecule has 0 bridgehead atoms. The Hall–Kier alpha value is -3.46. The van der Waals surface area contributed by atoms with E-state index in [1.54, 1.807) is 12.1 Å². The molecule has 28 heavy (non-hydrogen) atoms. The first-order chi connectivity index (χ1) is 13.3. The summed E-state index contributed by atoms with van der Waals surface area (Å²) in [5.41, 5.74) is 1.52. The van der Waals surface area contributed by atoms with E-state index in [0.29, 0.717) is 10.5 Å². The van der Waals surface area contributed by atoms with Gasteiger partial charge in [0, 0.05) is 11.0 Å². The van der Waals surface area contributed by atoms with Gasteiger partial charge in [-0.3, -0.25) is 20.2 Å². The third kappa shape index (κ3) is 4.26. The van der Waals surface area contributed by atoms with Crippen LogP contribution in [0, 0.1) is 34.1 Å². The van der Waals surface area contributed by atoms with Gasteiger partial charge < -0.3 is 4.52 Å². The predicted molar refractivity (Wildman–Crippen MR) is 105 cm³/mol. The zero-order chi connectivity index (χ0) is 20.3. The van der Waals surface area contributed by atoms with Crippen molar-refractivity contribution in [3.05, 3.63) is 85.3 Å². The van der Waals surface area contributed by atoms with E-state index in [9.17, 15) is 20.2 Å². The van der Waals surface area contributed by atoms with Crippen molar-refractivity contribution in [2.45, 2.75) is 23.6 Å². The van der Waals surface area contributed by atoms with Crippen molar-refractivity contribution in [2.75, 3.05) is 0 Å². The lowest BCUT2D eigenvalue weighted by atomic mass is 10.1. The molecule has 1 aromatic heterocycles. The van der Waals surface area contributed by atoms with Crippen molar-refractivity contribution >= 4 is 35.3 Å². The Morgan fingerprint density at radius 2 is 1.71 bits per heavy atom. The maximum Gasteiger partial charge on any atom is 0.338 e. The molecule has 0 radical (unpaired) electrons. The highest BCUT2D eigenvalue weighted by atomic mass is 32.2. The molecule has 9 heteroatoms. The smallest absolute Gasteiger partial charge is 0.338 e. The number of aromatic nitrogens is 1. The molecular formula is C19H15N3O5S. The molecule has 0 spiro atoms. The number of hydrogen-bond acceptors (Lipinski definition) is 7. The standard InChI is InChI=1S/C19H15N3O5S/c1-12-3-7-15(8-4-12)28-18-10-6-14(11-16(18)21(23)24)5-9-17-19(22(25)26)13(2)20-27-17/h3-11H,1-2H3/b9-5+. The maximum absolute atomic E-state index is 11.5. The van der Waals surface area contributed by atoms with Crippen LogP contribution in [0.15, 0.2) is 56.8 Å². The number of rotatable bonds is 6. The van der Waals surface area contributed by atoms with Gasteiger partial charge in [-0.15, -0.1) is 0 Å². The van der Waals surface area contributed by atoms with Gasteiger partial charge in [0.2, 0.25) is 5.76 Å². The molecule has 2 aromatic carbocycles. The summed E-state index contributed by atoms with van der Waals surface area (Å²) >= 11 is 1.30. The van der Waals surface area contributed by atoms with Crippen molar-refractivity contribution < 1.29 is 14.4 Å². The van der Waals surface area contributed by atoms with Gasteiger partial charge in [0.15, 0.2) is 5.69 Å². The zero-order valence-corrected chi connectivity index (χ0v) is 15.8. The minimum Gasteiger partial charge on any atom is -0.349 e. The Morgan fingerprint density at radius 3 is 2.36 bits per heavy atom. The van der Waals surface area contributed by atoms with Gasteiger partial charge in [0.1, 0.15) is 0 Å². The average molecular weight is 397 g/mol. The lowest BCUT2D eigenvalue weighted by molar-refractivity contribution is -0.387. The summed E-state index contributed by atoms with van der Waals surface area (Å²) in [5.74, 6) is -0.0109. The molecule has 0 fully saturated rings. The molecular weight excluding hydrogens is 382 g/mol. The predicted octanol–water partition coefficient (Wildman–Crippen LogP) is 5.43. The van der Waals surface area contributed by atoms with Crippen LogP contribution in [0.5, 0.6) is 0 Å². The molecule has 0 amide bonds. The third-order valence-electron chi connectivity index (χ3n) is 3.90. The molecule has 1 heterocycles. The summed E-state index contributed by atoms with van der Waals surface area (Å²) in [4.78, 5) is 22.9. The van der Waals surface area contributed by atoms with E-state index in [0.717, 1.165) is 10.5 Å². The fourth-order valence-electron chi connectivity index (χ4n) is 2.49. The van der Waals surface area contributed by atoms with Crippen LogP contribution in [0.4, 0.5) is 11.4 Å². The molecule has 0 unspecified atom stereocenters. The van der Waals surface area contributed by atoms with E-state index in [1.807, 2.05) is 31.2 Å². The summed E-state index contributed by atoms with van der Waals surface area (Å²) in [6.45, 7) is 3.44. The Balaban J connectivity index is 1.90. The van der Waals surface area contributed by atoms with Crippen LogP contribution < -0.4 is 0 Å². The molecule has 0 saturated carbocycles. The van der Waals surface area contributed by atoms with E-state index in [1.165, 1.54) is 36.9 Å². The molecule has 0 atom stereocenters. The highest BCUT2D eigenvalue weighted by molar-refractivity contribution is 7.99. The lowest BCUT2D eigenvalue weighted by Gasteiger charge is -2.04. The number of nitro groups is 2. The van der Waals surface area contributed by atoms with Gasteiger partial charge in [-0.2, -0.15) is 0 Å². The summed E-state index contributed by atoms with van der Waals surface area (Å²) in [6, 6.07) is 12.5. The van der Waals surface area contributed by atoms with Gasteiger partial charge in [-0.1, -0.05) is 46.8 Å². The minimum absolute atomic E-state index is 0.0109. The van der Waals surface area contributed by atoms with Crippen molar-refractivity contribution in [1.82, 2.24) is 5.16 Å². The largest absolute Gasteiger partial charge is 0.349 e. The summed E-state index contributed by atoms with van der Waals surface area (Å²) < 4.78 is 4.95. The number of nitrogens with zero attached hydrogens (tertiary/aromatic N) is 3. The number of aryl methyl sites for hydroxylation is 2. The first-order valence-corrected chi connectivity index (χ1v) is 8.98. The monoisotopic (exact) mass is 397 g/mol. The van der Waals surface area contributed by atoms with E-state index >= 15 is 0 Å². The van der Waals surface area contributed by atoms with Crippen LogP contribution in [0.1, 0.15) is 22.6 Å². The van der Waals surface area contributed by atoms with Crippen LogP contribution in [-0.4, -0.2) is 15.0 Å². The molecule has 3 aromatic rings. The van der Waals surface area contributed by atoms with Crippen molar-refractivity contribution in [2.24, 2.45) is 0 Å². The fraction of sp³-hybridized carbons (Fsp3) is 0.105. The minimum atomic E-state index is -0.574. The highest BCUT2D eigenvalue weighted by Crippen LogP contribution is 2.36. The molecule has 0 aliphatic carbocycles. The van der Waals surface area contributed by atoms with Crippen LogP contribution in [0.25, 0.3) is 12.2 Å². The van der Waals surface area contributed by atoms with Crippen molar-refractivity contribution in [3.63, 3.8) is 0 Å². The van der Waals surface area contributed by atoms with Gasteiger partial charge in [0.05, 0.1) is 14.7 Å². The second kappa shape index (κ2) is 8.05. The van der Waals surface area contributed by atoms with Crippen LogP contribution in [-0.2, 0) is 0 Å². The Labute approximate surface area is 164 Å². The summed E-state index contributed by atoms with van der Waals surface area (Å²) in [5, 5.41) is 26.2. The highest BCUT2D eigenvalue weighted by Gasteiger charge is 2.22. The summed E-state index contributed by atoms with van der Waals surface area (Å²) in [7, 11) is 0. The molecule has 3 rings (SSSR count). The van der Waals surface area contributed by atoms with Crippen LogP contribution in [0.2, 0.25) is 0 Å². The fourth-order valence-corrected chi connectivity index (χ4v) is 3.39. The van der Waals surface area contributed by atoms with Crippen molar-refractivity contribution in [3.8, 4) is 0 Å². The molecule has 8 nitrogen and oxygen atoms in total. The molecule has 142 valence electrons. The zero-order valence-electron chi connectivity index (χ0n) is 15.0. The first kappa shape index (κ1) is 19.3. The maximum atomic E-state index is 11.5. The second-order valence-electron chi connectivity index (χ2n) is 5.97. The quantitative estimate of drug-likeness (QED) is 0.402. The summed E-state index contributed by atoms with van der Waals surface area (Å²) in [6.07, 6.45) is 2.89. The van der Waals surface area contributed by atoms with E-state index < -0.39 is 9.85 Å². The average Bonchev–Trinajstić information content (AvgIpc) is 3.03. The third-order valence-corrected chi connectivity index (χ3v) is 4.97. The van der Waals surface area contributed by atoms with Crippen LogP contribution in [0.3, 0.4) is 0 Å². The normalized spacial score (nSPS) is 11.1. The number of hydrogen-bond donors (Lipinski definition) is 0. The molecule has 0 N–H and O–H groups in total. The SMILES string of the molecule is Cc1ccc(Sc2ccc(/C=C/c3onc(C)c3[N+](=O)[O-])cc2[N+](=O)[O-])cc1. The Bertz CT molecular complexity index is 1070. The van der Waals surface area contributed by atoms with Gasteiger partial charge in [-0.05, 0) is 43.7 Å². The van der Waals surface area contributed by atoms with Crippen molar-refractivity contribution in [1.29, 1.82) is 0 Å². The van der Waals surface area contributed by atoms with E-state index in [-0.39, 0.29) is 22.8 Å². The Morgan fingerprint density at radius 1 is 1.00 bits per heavy atom. The topological polar surface area (TPSA) is 112 Å². The molecule has 0 saturated heterocycles. The number of benzene rings is 2. The molecule has 0 aliphatic heterocycles. The lowest BCUT2D eigenvalue weighted by Crippen LogP contribution is -1.92. The van der Waals surface area contributed by atoms with Gasteiger partial charge in [0.25, 0.3) is 5.69 Å². The Kier molecular flexibility index (Phi) is 5.55. The second-order valence-corrected chi connectivity index (χ2v) is 7.09. The number of nitro benzene ring substituents is 1.